The molecule has 1 aromatic heterocycles. The van der Waals surface area contributed by atoms with E-state index in [1.54, 1.807) is 0 Å². The summed E-state index contributed by atoms with van der Waals surface area (Å²) in [4.78, 5) is 32.3. The number of nitrogens with two attached hydrogens (primary N) is 1. The van der Waals surface area contributed by atoms with E-state index in [-0.39, 0.29) is 24.3 Å². The molecule has 178 valence electrons. The molecule has 4 rings (SSSR count). The summed E-state index contributed by atoms with van der Waals surface area (Å²) in [7, 11) is 0. The lowest BCUT2D eigenvalue weighted by molar-refractivity contribution is -0.139. The number of hydrogen-bond acceptors (Lipinski definition) is 5. The molecule has 2 aliphatic rings. The van der Waals surface area contributed by atoms with Crippen molar-refractivity contribution in [3.8, 4) is 11.3 Å². The molecule has 0 unspecified atom stereocenters. The third-order valence-corrected chi connectivity index (χ3v) is 7.79. The zero-order valence-electron chi connectivity index (χ0n) is 19.4. The second-order valence-electron chi connectivity index (χ2n) is 9.58. The molecule has 2 saturated carbocycles. The molecule has 2 aromatic rings. The van der Waals surface area contributed by atoms with Crippen molar-refractivity contribution < 1.29 is 9.59 Å². The van der Waals surface area contributed by atoms with Crippen LogP contribution >= 0.6 is 11.3 Å². The lowest BCUT2D eigenvalue weighted by Gasteiger charge is -2.31. The van der Waals surface area contributed by atoms with Crippen molar-refractivity contribution in [3.63, 3.8) is 0 Å². The van der Waals surface area contributed by atoms with E-state index < -0.39 is 0 Å². The third-order valence-electron chi connectivity index (χ3n) is 7.12. The number of hydrogen-bond donors (Lipinski definition) is 2. The first-order chi connectivity index (χ1) is 16.1. The Balaban J connectivity index is 1.36. The summed E-state index contributed by atoms with van der Waals surface area (Å²) in [6.45, 7) is 0.823. The van der Waals surface area contributed by atoms with Crippen LogP contribution in [0.5, 0.6) is 0 Å². The van der Waals surface area contributed by atoms with Crippen LogP contribution in [0.25, 0.3) is 11.3 Å². The van der Waals surface area contributed by atoms with Crippen molar-refractivity contribution in [2.75, 3.05) is 24.1 Å². The molecule has 1 aromatic carbocycles. The van der Waals surface area contributed by atoms with Gasteiger partial charge in [0.15, 0.2) is 5.13 Å². The molecule has 0 spiro atoms. The molecule has 1 heterocycles. The van der Waals surface area contributed by atoms with E-state index in [1.807, 2.05) is 34.5 Å². The van der Waals surface area contributed by atoms with Gasteiger partial charge in [-0.15, -0.1) is 11.3 Å². The molecule has 0 bridgehead atoms. The van der Waals surface area contributed by atoms with Crippen LogP contribution in [0.3, 0.4) is 0 Å². The number of thiazole rings is 1. The maximum atomic E-state index is 13.3. The zero-order chi connectivity index (χ0) is 23.0. The summed E-state index contributed by atoms with van der Waals surface area (Å²) in [6.07, 6.45) is 12.8. The largest absolute Gasteiger partial charge is 0.375 e. The highest BCUT2D eigenvalue weighted by atomic mass is 32.1. The third kappa shape index (κ3) is 6.79. The fraction of sp³-hybridized carbons (Fsp3) is 0.577. The number of carbonyl (C=O) groups is 2. The second kappa shape index (κ2) is 11.6. The normalized spacial score (nSPS) is 17.6. The van der Waals surface area contributed by atoms with Gasteiger partial charge in [-0.25, -0.2) is 4.98 Å². The van der Waals surface area contributed by atoms with Crippen LogP contribution < -0.4 is 11.1 Å². The number of nitrogen functional groups attached to an aromatic ring is 1. The molecule has 2 fully saturated rings. The van der Waals surface area contributed by atoms with E-state index in [4.69, 9.17) is 5.73 Å². The second-order valence-corrected chi connectivity index (χ2v) is 10.5. The summed E-state index contributed by atoms with van der Waals surface area (Å²) in [5, 5.41) is 5.44. The van der Waals surface area contributed by atoms with E-state index in [1.165, 1.54) is 49.9 Å². The molecular weight excluding hydrogens is 432 g/mol. The molecule has 33 heavy (non-hydrogen) atoms. The Bertz CT molecular complexity index is 915. The Morgan fingerprint density at radius 3 is 2.30 bits per heavy atom. The molecular formula is C26H36N4O2S. The molecule has 7 heteroatoms. The highest BCUT2D eigenvalue weighted by molar-refractivity contribution is 7.13. The molecule has 2 amide bonds. The van der Waals surface area contributed by atoms with Gasteiger partial charge in [-0.3, -0.25) is 9.59 Å². The number of benzene rings is 1. The highest BCUT2D eigenvalue weighted by Gasteiger charge is 2.28. The van der Waals surface area contributed by atoms with Crippen molar-refractivity contribution in [3.05, 3.63) is 29.6 Å². The smallest absolute Gasteiger partial charge is 0.243 e. The minimum Gasteiger partial charge on any atom is -0.375 e. The van der Waals surface area contributed by atoms with Gasteiger partial charge in [0.1, 0.15) is 0 Å². The van der Waals surface area contributed by atoms with Gasteiger partial charge >= 0.3 is 0 Å². The topological polar surface area (TPSA) is 88.3 Å². The number of amides is 2. The molecule has 0 radical (unpaired) electrons. The van der Waals surface area contributed by atoms with Crippen LogP contribution in [0.15, 0.2) is 29.6 Å². The average Bonchev–Trinajstić information content (AvgIpc) is 3.29. The Morgan fingerprint density at radius 1 is 1.00 bits per heavy atom. The lowest BCUT2D eigenvalue weighted by atomic mass is 9.86. The minimum atomic E-state index is -0.131. The van der Waals surface area contributed by atoms with Crippen LogP contribution in [-0.2, 0) is 9.59 Å². The summed E-state index contributed by atoms with van der Waals surface area (Å²) in [5.41, 5.74) is 8.25. The van der Waals surface area contributed by atoms with Crippen molar-refractivity contribution >= 4 is 34.0 Å². The molecule has 0 atom stereocenters. The van der Waals surface area contributed by atoms with Crippen molar-refractivity contribution in [1.82, 2.24) is 9.88 Å². The quantitative estimate of drug-likeness (QED) is 0.519. The van der Waals surface area contributed by atoms with Crippen LogP contribution in [0, 0.1) is 11.8 Å². The monoisotopic (exact) mass is 468 g/mol. The molecule has 0 saturated heterocycles. The Labute approximate surface area is 201 Å². The van der Waals surface area contributed by atoms with Crippen LogP contribution in [0.1, 0.15) is 70.6 Å². The number of aromatic nitrogens is 1. The van der Waals surface area contributed by atoms with Crippen LogP contribution in [0.2, 0.25) is 0 Å². The number of nitrogens with one attached hydrogen (secondary N) is 1. The predicted octanol–water partition coefficient (Wildman–Crippen LogP) is 5.71. The summed E-state index contributed by atoms with van der Waals surface area (Å²) in [6, 6.07) is 7.60. The lowest BCUT2D eigenvalue weighted by Crippen LogP contribution is -2.43. The van der Waals surface area contributed by atoms with E-state index >= 15 is 0 Å². The Hall–Kier alpha value is -2.41. The van der Waals surface area contributed by atoms with Gasteiger partial charge in [0, 0.05) is 29.1 Å². The van der Waals surface area contributed by atoms with Gasteiger partial charge in [0.05, 0.1) is 12.2 Å². The van der Waals surface area contributed by atoms with Gasteiger partial charge < -0.3 is 16.0 Å². The van der Waals surface area contributed by atoms with E-state index in [0.717, 1.165) is 49.0 Å². The van der Waals surface area contributed by atoms with Gasteiger partial charge in [-0.05, 0) is 37.3 Å². The summed E-state index contributed by atoms with van der Waals surface area (Å²) >= 11 is 1.41. The maximum absolute atomic E-state index is 13.3. The van der Waals surface area contributed by atoms with E-state index in [9.17, 15) is 9.59 Å². The highest BCUT2D eigenvalue weighted by Crippen LogP contribution is 2.29. The first-order valence-electron chi connectivity index (χ1n) is 12.5. The van der Waals surface area contributed by atoms with Crippen LogP contribution in [-0.4, -0.2) is 34.8 Å². The first-order valence-corrected chi connectivity index (χ1v) is 13.4. The summed E-state index contributed by atoms with van der Waals surface area (Å²) in [5.74, 6) is 0.823. The van der Waals surface area contributed by atoms with Crippen molar-refractivity contribution in [1.29, 1.82) is 0 Å². The Kier molecular flexibility index (Phi) is 8.37. The number of anilines is 2. The number of carbonyl (C=O) groups excluding carboxylic acids is 2. The molecule has 3 N–H and O–H groups in total. The fourth-order valence-electron chi connectivity index (χ4n) is 5.21. The predicted molar refractivity (Wildman–Crippen MR) is 135 cm³/mol. The van der Waals surface area contributed by atoms with Gasteiger partial charge in [0.2, 0.25) is 11.8 Å². The molecule has 6 nitrogen and oxygen atoms in total. The average molecular weight is 469 g/mol. The van der Waals surface area contributed by atoms with Gasteiger partial charge in [0.25, 0.3) is 0 Å². The first kappa shape index (κ1) is 23.7. The fourth-order valence-corrected chi connectivity index (χ4v) is 5.78. The van der Waals surface area contributed by atoms with Gasteiger partial charge in [-0.1, -0.05) is 63.5 Å². The standard InChI is InChI=1S/C26H36N4O2S/c27-26-29-23(18-33-26)20-11-13-22(14-12-20)28-24(31)17-30(16-15-19-7-3-1-4-8-19)25(32)21-9-5-2-6-10-21/h11-14,18-19,21H,1-10,15-17H2,(H2,27,29)(H,28,31). The van der Waals surface area contributed by atoms with Crippen molar-refractivity contribution in [2.24, 2.45) is 11.8 Å². The summed E-state index contributed by atoms with van der Waals surface area (Å²) < 4.78 is 0. The van der Waals surface area contributed by atoms with E-state index in [0.29, 0.717) is 17.6 Å². The number of nitrogens with zero attached hydrogens (tertiary/aromatic N) is 2. The van der Waals surface area contributed by atoms with Gasteiger partial charge in [-0.2, -0.15) is 0 Å². The Morgan fingerprint density at radius 2 is 1.67 bits per heavy atom. The van der Waals surface area contributed by atoms with Crippen LogP contribution in [0.4, 0.5) is 10.8 Å². The molecule has 2 aliphatic carbocycles. The van der Waals surface area contributed by atoms with Crippen molar-refractivity contribution in [2.45, 2.75) is 70.6 Å². The number of rotatable bonds is 8. The maximum Gasteiger partial charge on any atom is 0.243 e. The molecule has 0 aliphatic heterocycles. The minimum absolute atomic E-state index is 0.0859. The zero-order valence-corrected chi connectivity index (χ0v) is 20.2. The SMILES string of the molecule is Nc1nc(-c2ccc(NC(=O)CN(CCC3CCCCC3)C(=O)C3CCCCC3)cc2)cs1. The van der Waals surface area contributed by atoms with E-state index in [2.05, 4.69) is 10.3 Å².